The van der Waals surface area contributed by atoms with Crippen LogP contribution in [0, 0.1) is 5.82 Å². The van der Waals surface area contributed by atoms with Crippen LogP contribution in [0.1, 0.15) is 23.3 Å². The first kappa shape index (κ1) is 15.6. The third kappa shape index (κ3) is 3.57. The van der Waals surface area contributed by atoms with Crippen LogP contribution >= 0.6 is 0 Å². The van der Waals surface area contributed by atoms with E-state index in [4.69, 9.17) is 10.5 Å². The monoisotopic (exact) mass is 314 g/mol. The molecule has 1 aliphatic heterocycles. The lowest BCUT2D eigenvalue weighted by molar-refractivity contribution is -0.140. The maximum absolute atomic E-state index is 13.0. The zero-order valence-electron chi connectivity index (χ0n) is 12.7. The van der Waals surface area contributed by atoms with Crippen molar-refractivity contribution in [3.8, 4) is 0 Å². The van der Waals surface area contributed by atoms with E-state index in [1.807, 2.05) is 30.3 Å². The van der Waals surface area contributed by atoms with E-state index in [0.29, 0.717) is 19.7 Å². The third-order valence-corrected chi connectivity index (χ3v) is 4.04. The van der Waals surface area contributed by atoms with E-state index in [1.54, 1.807) is 17.0 Å². The highest BCUT2D eigenvalue weighted by molar-refractivity contribution is 5.83. The highest BCUT2D eigenvalue weighted by Gasteiger charge is 2.29. The summed E-state index contributed by atoms with van der Waals surface area (Å²) in [6, 6.07) is 14.8. The van der Waals surface area contributed by atoms with Crippen molar-refractivity contribution in [3.63, 3.8) is 0 Å². The van der Waals surface area contributed by atoms with Crippen LogP contribution in [0.15, 0.2) is 54.6 Å². The van der Waals surface area contributed by atoms with E-state index in [2.05, 4.69) is 0 Å². The lowest BCUT2D eigenvalue weighted by Gasteiger charge is -2.34. The molecule has 3 rings (SSSR count). The molecule has 2 aromatic carbocycles. The fourth-order valence-corrected chi connectivity index (χ4v) is 2.73. The highest BCUT2D eigenvalue weighted by Crippen LogP contribution is 2.24. The summed E-state index contributed by atoms with van der Waals surface area (Å²) in [6.07, 6.45) is -0.253. The van der Waals surface area contributed by atoms with Crippen molar-refractivity contribution in [1.29, 1.82) is 0 Å². The molecular formula is C18H19FN2O2. The number of hydrogen-bond donors (Lipinski definition) is 1. The molecule has 1 saturated heterocycles. The average molecular weight is 314 g/mol. The molecule has 2 N–H and O–H groups in total. The largest absolute Gasteiger partial charge is 0.370 e. The van der Waals surface area contributed by atoms with E-state index in [1.165, 1.54) is 12.1 Å². The normalized spacial score (nSPS) is 19.4. The smallest absolute Gasteiger partial charge is 0.244 e. The zero-order valence-corrected chi connectivity index (χ0v) is 12.7. The molecule has 2 unspecified atom stereocenters. The second kappa shape index (κ2) is 6.89. The summed E-state index contributed by atoms with van der Waals surface area (Å²) in [5.74, 6) is -0.407. The number of halogens is 1. The van der Waals surface area contributed by atoms with Gasteiger partial charge in [0.25, 0.3) is 0 Å². The Morgan fingerprint density at radius 3 is 2.57 bits per heavy atom. The van der Waals surface area contributed by atoms with Crippen LogP contribution in [0.25, 0.3) is 0 Å². The van der Waals surface area contributed by atoms with Crippen LogP contribution in [0.3, 0.4) is 0 Å². The molecule has 120 valence electrons. The Kier molecular flexibility index (Phi) is 4.69. The van der Waals surface area contributed by atoms with Crippen LogP contribution in [0.2, 0.25) is 0 Å². The summed E-state index contributed by atoms with van der Waals surface area (Å²) < 4.78 is 18.7. The number of carbonyl (C=O) groups excluding carboxylic acids is 1. The Hall–Kier alpha value is -2.24. The summed E-state index contributed by atoms with van der Waals surface area (Å²) in [5, 5.41) is 0. The Morgan fingerprint density at radius 2 is 1.87 bits per heavy atom. The van der Waals surface area contributed by atoms with Crippen molar-refractivity contribution < 1.29 is 13.9 Å². The number of carbonyl (C=O) groups is 1. The van der Waals surface area contributed by atoms with Crippen LogP contribution in [0.5, 0.6) is 0 Å². The molecule has 1 amide bonds. The quantitative estimate of drug-likeness (QED) is 0.946. The fourth-order valence-electron chi connectivity index (χ4n) is 2.73. The molecule has 1 heterocycles. The van der Waals surface area contributed by atoms with E-state index >= 15 is 0 Å². The van der Waals surface area contributed by atoms with Crippen molar-refractivity contribution in [2.75, 3.05) is 19.7 Å². The minimum atomic E-state index is -0.678. The van der Waals surface area contributed by atoms with Gasteiger partial charge >= 0.3 is 0 Å². The number of nitrogens with two attached hydrogens (primary N) is 1. The summed E-state index contributed by atoms with van der Waals surface area (Å²) in [6.45, 7) is 1.37. The first-order valence-electron chi connectivity index (χ1n) is 7.61. The maximum Gasteiger partial charge on any atom is 0.244 e. The molecule has 23 heavy (non-hydrogen) atoms. The Morgan fingerprint density at radius 1 is 1.17 bits per heavy atom. The van der Waals surface area contributed by atoms with Gasteiger partial charge in [0.1, 0.15) is 18.0 Å². The number of rotatable bonds is 3. The second-order valence-electron chi connectivity index (χ2n) is 5.58. The number of nitrogens with zero attached hydrogens (tertiary/aromatic N) is 1. The molecule has 1 aliphatic rings. The van der Waals surface area contributed by atoms with Crippen LogP contribution in [-0.2, 0) is 9.53 Å². The van der Waals surface area contributed by atoms with Crippen molar-refractivity contribution >= 4 is 5.91 Å². The van der Waals surface area contributed by atoms with Gasteiger partial charge in [0, 0.05) is 6.54 Å². The van der Waals surface area contributed by atoms with Gasteiger partial charge in [0.2, 0.25) is 5.91 Å². The highest BCUT2D eigenvalue weighted by atomic mass is 19.1. The van der Waals surface area contributed by atoms with E-state index in [9.17, 15) is 9.18 Å². The second-order valence-corrected chi connectivity index (χ2v) is 5.58. The van der Waals surface area contributed by atoms with Crippen molar-refractivity contribution in [2.45, 2.75) is 12.1 Å². The predicted molar refractivity (Wildman–Crippen MR) is 85.0 cm³/mol. The molecule has 0 spiro atoms. The lowest BCUT2D eigenvalue weighted by atomic mass is 10.0. The standard InChI is InChI=1S/C18H19FN2O2/c19-15-8-6-13(7-9-15)16-12-21(10-11-23-16)18(22)17(20)14-4-2-1-3-5-14/h1-9,16-17H,10-12,20H2. The van der Waals surface area contributed by atoms with Gasteiger partial charge in [-0.05, 0) is 23.3 Å². The molecule has 2 aromatic rings. The molecule has 0 radical (unpaired) electrons. The Labute approximate surface area is 134 Å². The zero-order chi connectivity index (χ0) is 16.2. The SMILES string of the molecule is NC(C(=O)N1CCOC(c2ccc(F)cc2)C1)c1ccccc1. The molecule has 0 bridgehead atoms. The molecule has 0 aliphatic carbocycles. The van der Waals surface area contributed by atoms with Crippen LogP contribution in [0.4, 0.5) is 4.39 Å². The molecular weight excluding hydrogens is 295 g/mol. The molecule has 0 saturated carbocycles. The third-order valence-electron chi connectivity index (χ3n) is 4.04. The Balaban J connectivity index is 1.70. The van der Waals surface area contributed by atoms with Gasteiger partial charge in [-0.15, -0.1) is 0 Å². The number of ether oxygens (including phenoxy) is 1. The predicted octanol–water partition coefficient (Wildman–Crippen LogP) is 2.43. The summed E-state index contributed by atoms with van der Waals surface area (Å²) in [7, 11) is 0. The van der Waals surface area contributed by atoms with E-state index in [0.717, 1.165) is 11.1 Å². The van der Waals surface area contributed by atoms with Gasteiger partial charge in [-0.2, -0.15) is 0 Å². The number of benzene rings is 2. The Bertz CT molecular complexity index is 660. The molecule has 1 fully saturated rings. The van der Waals surface area contributed by atoms with E-state index in [-0.39, 0.29) is 17.8 Å². The van der Waals surface area contributed by atoms with Gasteiger partial charge < -0.3 is 15.4 Å². The van der Waals surface area contributed by atoms with Crippen molar-refractivity contribution in [1.82, 2.24) is 4.90 Å². The molecule has 0 aromatic heterocycles. The molecule has 2 atom stereocenters. The van der Waals surface area contributed by atoms with E-state index < -0.39 is 6.04 Å². The van der Waals surface area contributed by atoms with Crippen molar-refractivity contribution in [2.24, 2.45) is 5.73 Å². The number of morpholine rings is 1. The summed E-state index contributed by atoms with van der Waals surface area (Å²) >= 11 is 0. The molecule has 4 nitrogen and oxygen atoms in total. The average Bonchev–Trinajstić information content (AvgIpc) is 2.62. The first-order chi connectivity index (χ1) is 11.1. The number of amides is 1. The fraction of sp³-hybridized carbons (Fsp3) is 0.278. The van der Waals surface area contributed by atoms with Crippen LogP contribution in [-0.4, -0.2) is 30.5 Å². The van der Waals surface area contributed by atoms with Gasteiger partial charge in [-0.25, -0.2) is 4.39 Å². The summed E-state index contributed by atoms with van der Waals surface area (Å²) in [4.78, 5) is 14.3. The van der Waals surface area contributed by atoms with Gasteiger partial charge in [0.05, 0.1) is 13.2 Å². The first-order valence-corrected chi connectivity index (χ1v) is 7.61. The maximum atomic E-state index is 13.0. The minimum Gasteiger partial charge on any atom is -0.370 e. The summed E-state index contributed by atoms with van der Waals surface area (Å²) in [5.41, 5.74) is 7.74. The van der Waals surface area contributed by atoms with Gasteiger partial charge in [-0.1, -0.05) is 42.5 Å². The van der Waals surface area contributed by atoms with Crippen LogP contribution < -0.4 is 5.73 Å². The minimum absolute atomic E-state index is 0.119. The van der Waals surface area contributed by atoms with Gasteiger partial charge in [0.15, 0.2) is 0 Å². The van der Waals surface area contributed by atoms with Gasteiger partial charge in [-0.3, -0.25) is 4.79 Å². The lowest BCUT2D eigenvalue weighted by Crippen LogP contribution is -2.46. The molecule has 5 heteroatoms. The topological polar surface area (TPSA) is 55.6 Å². The number of hydrogen-bond acceptors (Lipinski definition) is 3. The van der Waals surface area contributed by atoms with Crippen molar-refractivity contribution in [3.05, 3.63) is 71.5 Å².